The molecule has 1 aliphatic rings. The highest BCUT2D eigenvalue weighted by Gasteiger charge is 2.32. The predicted octanol–water partition coefficient (Wildman–Crippen LogP) is 2.77. The molecule has 1 unspecified atom stereocenters. The first-order chi connectivity index (χ1) is 15.3. The van der Waals surface area contributed by atoms with Crippen molar-refractivity contribution >= 4 is 17.7 Å². The van der Waals surface area contributed by atoms with E-state index in [0.717, 1.165) is 5.56 Å². The number of carbonyl (C=O) groups excluding carboxylic acids is 3. The number of ether oxygens (including phenoxy) is 1. The number of nitrogens with zero attached hydrogens (tertiary/aromatic N) is 1. The molecule has 0 saturated carbocycles. The van der Waals surface area contributed by atoms with Crippen LogP contribution in [0.15, 0.2) is 41.0 Å². The summed E-state index contributed by atoms with van der Waals surface area (Å²) in [5.41, 5.74) is 1.27. The van der Waals surface area contributed by atoms with Crippen molar-refractivity contribution in [1.82, 2.24) is 15.5 Å². The number of furan rings is 1. The topological polar surface area (TPSA) is 101 Å². The second kappa shape index (κ2) is 10.3. The van der Waals surface area contributed by atoms with Gasteiger partial charge in [-0.2, -0.15) is 0 Å². The van der Waals surface area contributed by atoms with Crippen molar-refractivity contribution in [2.75, 3.05) is 20.2 Å². The summed E-state index contributed by atoms with van der Waals surface area (Å²) in [7, 11) is 1.56. The Bertz CT molecular complexity index is 943. The molecule has 0 bridgehead atoms. The molecular formula is C24H31N3O5. The number of rotatable bonds is 7. The molecular weight excluding hydrogens is 410 g/mol. The number of benzene rings is 1. The van der Waals surface area contributed by atoms with Gasteiger partial charge in [-0.3, -0.25) is 14.4 Å². The van der Waals surface area contributed by atoms with Gasteiger partial charge in [-0.25, -0.2) is 0 Å². The van der Waals surface area contributed by atoms with E-state index >= 15 is 0 Å². The summed E-state index contributed by atoms with van der Waals surface area (Å²) in [6.07, 6.45) is 2.79. The molecule has 32 heavy (non-hydrogen) atoms. The summed E-state index contributed by atoms with van der Waals surface area (Å²) in [5, 5.41) is 5.87. The van der Waals surface area contributed by atoms with Gasteiger partial charge in [0.2, 0.25) is 5.91 Å². The van der Waals surface area contributed by atoms with E-state index in [1.54, 1.807) is 42.3 Å². The molecule has 172 valence electrons. The van der Waals surface area contributed by atoms with Crippen LogP contribution in [-0.4, -0.2) is 54.9 Å². The molecule has 2 N–H and O–H groups in total. The molecule has 1 fully saturated rings. The molecule has 1 saturated heterocycles. The first-order valence-electron chi connectivity index (χ1n) is 10.9. The summed E-state index contributed by atoms with van der Waals surface area (Å²) in [5.74, 6) is 0.289. The molecule has 2 aromatic rings. The minimum atomic E-state index is -0.624. The molecule has 1 atom stereocenters. The number of nitrogens with one attached hydrogen (secondary N) is 2. The number of piperidine rings is 1. The molecule has 3 amide bonds. The SMILES string of the molecule is COc1ccc(C(=O)NC(C(=O)N2CCC(NC(=O)c3occc3C)CC2)C(C)C)cc1. The fraction of sp³-hybridized carbons (Fsp3) is 0.458. The van der Waals surface area contributed by atoms with Crippen LogP contribution in [0.4, 0.5) is 0 Å². The van der Waals surface area contributed by atoms with Crippen molar-refractivity contribution < 1.29 is 23.5 Å². The van der Waals surface area contributed by atoms with E-state index in [1.165, 1.54) is 6.26 Å². The van der Waals surface area contributed by atoms with Crippen LogP contribution in [-0.2, 0) is 4.79 Å². The maximum Gasteiger partial charge on any atom is 0.287 e. The molecule has 0 radical (unpaired) electrons. The van der Waals surface area contributed by atoms with Crippen molar-refractivity contribution in [1.29, 1.82) is 0 Å². The smallest absolute Gasteiger partial charge is 0.287 e. The first-order valence-corrected chi connectivity index (χ1v) is 10.9. The van der Waals surface area contributed by atoms with Crippen LogP contribution >= 0.6 is 0 Å². The fourth-order valence-electron chi connectivity index (χ4n) is 3.78. The van der Waals surface area contributed by atoms with E-state index in [4.69, 9.17) is 9.15 Å². The average molecular weight is 442 g/mol. The standard InChI is InChI=1S/C24H31N3O5/c1-15(2)20(26-22(28)17-5-7-19(31-4)8-6-17)24(30)27-12-9-18(10-13-27)25-23(29)21-16(3)11-14-32-21/h5-8,11,14-15,18,20H,9-10,12-13H2,1-4H3,(H,25,29)(H,26,28). The average Bonchev–Trinajstić information content (AvgIpc) is 3.23. The molecule has 0 aliphatic carbocycles. The molecule has 3 rings (SSSR count). The second-order valence-electron chi connectivity index (χ2n) is 8.43. The van der Waals surface area contributed by atoms with Crippen LogP contribution < -0.4 is 15.4 Å². The van der Waals surface area contributed by atoms with Crippen LogP contribution in [0.3, 0.4) is 0 Å². The van der Waals surface area contributed by atoms with E-state index in [1.807, 2.05) is 20.8 Å². The van der Waals surface area contributed by atoms with Crippen molar-refractivity contribution in [2.24, 2.45) is 5.92 Å². The summed E-state index contributed by atoms with van der Waals surface area (Å²) in [6, 6.07) is 7.87. The molecule has 1 aromatic heterocycles. The van der Waals surface area contributed by atoms with E-state index in [2.05, 4.69) is 10.6 Å². The van der Waals surface area contributed by atoms with Crippen LogP contribution in [0.1, 0.15) is 53.2 Å². The van der Waals surface area contributed by atoms with Crippen molar-refractivity contribution in [3.63, 3.8) is 0 Å². The Morgan fingerprint density at radius 3 is 2.25 bits per heavy atom. The zero-order valence-corrected chi connectivity index (χ0v) is 19.0. The van der Waals surface area contributed by atoms with Gasteiger partial charge < -0.3 is 24.7 Å². The molecule has 8 nitrogen and oxygen atoms in total. The number of carbonyl (C=O) groups is 3. The Hall–Kier alpha value is -3.29. The van der Waals surface area contributed by atoms with Gasteiger partial charge in [0.1, 0.15) is 11.8 Å². The number of likely N-dealkylation sites (tertiary alicyclic amines) is 1. The lowest BCUT2D eigenvalue weighted by molar-refractivity contribution is -0.135. The number of hydrogen-bond donors (Lipinski definition) is 2. The Kier molecular flexibility index (Phi) is 7.56. The minimum absolute atomic E-state index is 0.0255. The second-order valence-corrected chi connectivity index (χ2v) is 8.43. The lowest BCUT2D eigenvalue weighted by Gasteiger charge is -2.35. The van der Waals surface area contributed by atoms with Gasteiger partial charge >= 0.3 is 0 Å². The van der Waals surface area contributed by atoms with E-state index < -0.39 is 6.04 Å². The van der Waals surface area contributed by atoms with Crippen LogP contribution in [0.2, 0.25) is 0 Å². The third kappa shape index (κ3) is 5.49. The predicted molar refractivity (Wildman–Crippen MR) is 120 cm³/mol. The lowest BCUT2D eigenvalue weighted by Crippen LogP contribution is -2.54. The molecule has 8 heteroatoms. The summed E-state index contributed by atoms with van der Waals surface area (Å²) in [6.45, 7) is 6.68. The molecule has 0 spiro atoms. The molecule has 2 heterocycles. The van der Waals surface area contributed by atoms with Gasteiger partial charge in [0.25, 0.3) is 11.8 Å². The quantitative estimate of drug-likeness (QED) is 0.688. The summed E-state index contributed by atoms with van der Waals surface area (Å²) >= 11 is 0. The highest BCUT2D eigenvalue weighted by Crippen LogP contribution is 2.17. The first kappa shape index (κ1) is 23.4. The Balaban J connectivity index is 1.55. The zero-order chi connectivity index (χ0) is 23.3. The molecule has 1 aromatic carbocycles. The fourth-order valence-corrected chi connectivity index (χ4v) is 3.78. The largest absolute Gasteiger partial charge is 0.497 e. The third-order valence-electron chi connectivity index (χ3n) is 5.78. The summed E-state index contributed by atoms with van der Waals surface area (Å²) in [4.78, 5) is 40.0. The normalized spacial score (nSPS) is 15.3. The van der Waals surface area contributed by atoms with Gasteiger partial charge in [-0.1, -0.05) is 13.8 Å². The number of methoxy groups -OCH3 is 1. The van der Waals surface area contributed by atoms with Crippen molar-refractivity contribution in [2.45, 2.75) is 45.7 Å². The third-order valence-corrected chi connectivity index (χ3v) is 5.78. The lowest BCUT2D eigenvalue weighted by atomic mass is 9.99. The monoisotopic (exact) mass is 441 g/mol. The van der Waals surface area contributed by atoms with Gasteiger partial charge in [0.15, 0.2) is 5.76 Å². The van der Waals surface area contributed by atoms with E-state index in [9.17, 15) is 14.4 Å². The molecule has 1 aliphatic heterocycles. The van der Waals surface area contributed by atoms with Crippen LogP contribution in [0, 0.1) is 12.8 Å². The van der Waals surface area contributed by atoms with Gasteiger partial charge in [0, 0.05) is 30.3 Å². The van der Waals surface area contributed by atoms with Crippen molar-refractivity contribution in [3.8, 4) is 5.75 Å². The maximum atomic E-state index is 13.2. The number of hydrogen-bond acceptors (Lipinski definition) is 5. The van der Waals surface area contributed by atoms with E-state index in [-0.39, 0.29) is 29.7 Å². The van der Waals surface area contributed by atoms with Gasteiger partial charge in [-0.15, -0.1) is 0 Å². The van der Waals surface area contributed by atoms with Crippen molar-refractivity contribution in [3.05, 3.63) is 53.5 Å². The zero-order valence-electron chi connectivity index (χ0n) is 19.0. The highest BCUT2D eigenvalue weighted by atomic mass is 16.5. The Morgan fingerprint density at radius 1 is 1.06 bits per heavy atom. The number of aryl methyl sites for hydroxylation is 1. The Morgan fingerprint density at radius 2 is 1.72 bits per heavy atom. The van der Waals surface area contributed by atoms with Crippen LogP contribution in [0.25, 0.3) is 0 Å². The van der Waals surface area contributed by atoms with Gasteiger partial charge in [-0.05, 0) is 56.0 Å². The maximum absolute atomic E-state index is 13.2. The minimum Gasteiger partial charge on any atom is -0.497 e. The number of amides is 3. The van der Waals surface area contributed by atoms with Crippen LogP contribution in [0.5, 0.6) is 5.75 Å². The van der Waals surface area contributed by atoms with Gasteiger partial charge in [0.05, 0.1) is 13.4 Å². The Labute approximate surface area is 188 Å². The van der Waals surface area contributed by atoms with E-state index in [0.29, 0.717) is 43.0 Å². The summed E-state index contributed by atoms with van der Waals surface area (Å²) < 4.78 is 10.4. The highest BCUT2D eigenvalue weighted by molar-refractivity contribution is 5.97.